The minimum Gasteiger partial charge on any atom is -0.599 e. The third-order valence-electron chi connectivity index (χ3n) is 10.4. The van der Waals surface area contributed by atoms with Gasteiger partial charge in [-0.25, -0.2) is 4.79 Å². The highest BCUT2D eigenvalue weighted by molar-refractivity contribution is 5.96. The lowest BCUT2D eigenvalue weighted by atomic mass is 9.98. The first-order valence-corrected chi connectivity index (χ1v) is 19.1. The molecule has 1 unspecified atom stereocenters. The number of rotatable bonds is 10. The second-order valence-electron chi connectivity index (χ2n) is 14.2. The fraction of sp³-hybridized carbons (Fsp3) is 0.475. The molecule has 16 nitrogen and oxygen atoms in total. The first-order chi connectivity index (χ1) is 27.0. The molecule has 16 heteroatoms. The van der Waals surface area contributed by atoms with Gasteiger partial charge in [-0.3, -0.25) is 29.2 Å². The zero-order chi connectivity index (χ0) is 40.2. The number of amides is 4. The van der Waals surface area contributed by atoms with Crippen LogP contribution in [0, 0.1) is 0 Å². The summed E-state index contributed by atoms with van der Waals surface area (Å²) in [5, 5.41) is 31.3. The van der Waals surface area contributed by atoms with E-state index in [1.807, 2.05) is 48.5 Å². The zero-order valence-corrected chi connectivity index (χ0v) is 31.5. The van der Waals surface area contributed by atoms with Gasteiger partial charge in [-0.05, 0) is 74.1 Å². The number of benzene rings is 2. The molecule has 2 heterocycles. The Morgan fingerprint density at radius 1 is 0.911 bits per heavy atom. The largest absolute Gasteiger partial charge is 0.599 e. The smallest absolute Gasteiger partial charge is 0.326 e. The lowest BCUT2D eigenvalue weighted by molar-refractivity contribution is -0.251. The van der Waals surface area contributed by atoms with Crippen molar-refractivity contribution in [3.63, 3.8) is 0 Å². The number of carboxylic acid groups (broad SMARTS) is 1. The van der Waals surface area contributed by atoms with Crippen LogP contribution in [0.3, 0.4) is 0 Å². The summed E-state index contributed by atoms with van der Waals surface area (Å²) in [5.74, 6) is -4.15. The number of nitrogens with one attached hydrogen (secondary N) is 3. The maximum absolute atomic E-state index is 14.2. The number of carbonyl (C=O) groups is 5. The molecule has 5 rings (SSSR count). The minimum absolute atomic E-state index is 0.00209. The number of carboxylic acids is 1. The number of allylic oxidation sites excluding steroid dienone is 1. The van der Waals surface area contributed by atoms with Gasteiger partial charge < -0.3 is 47.3 Å². The molecular weight excluding hydrogens is 720 g/mol. The highest BCUT2D eigenvalue weighted by Gasteiger charge is 2.39. The average Bonchev–Trinajstić information content (AvgIpc) is 3.80. The predicted molar refractivity (Wildman–Crippen MR) is 207 cm³/mol. The van der Waals surface area contributed by atoms with Crippen LogP contribution in [0.15, 0.2) is 70.7 Å². The van der Waals surface area contributed by atoms with Crippen molar-refractivity contribution in [2.24, 2.45) is 21.5 Å². The molecule has 0 aromatic heterocycles. The van der Waals surface area contributed by atoms with Gasteiger partial charge in [0.1, 0.15) is 36.3 Å². The second kappa shape index (κ2) is 19.6. The Balaban J connectivity index is 1.39. The van der Waals surface area contributed by atoms with Crippen molar-refractivity contribution in [3.8, 4) is 11.1 Å². The van der Waals surface area contributed by atoms with Gasteiger partial charge in [0, 0.05) is 25.6 Å². The van der Waals surface area contributed by atoms with E-state index in [9.17, 15) is 34.2 Å². The van der Waals surface area contributed by atoms with Crippen molar-refractivity contribution in [2.45, 2.75) is 101 Å². The van der Waals surface area contributed by atoms with Crippen LogP contribution in [0.4, 0.5) is 0 Å². The molecule has 5 atom stereocenters. The van der Waals surface area contributed by atoms with E-state index in [2.05, 4.69) is 25.9 Å². The van der Waals surface area contributed by atoms with Crippen molar-refractivity contribution in [1.29, 1.82) is 0 Å². The Morgan fingerprint density at radius 3 is 2.21 bits per heavy atom. The van der Waals surface area contributed by atoms with Crippen LogP contribution in [0.1, 0.15) is 81.8 Å². The maximum atomic E-state index is 14.2. The fourth-order valence-electron chi connectivity index (χ4n) is 7.53. The highest BCUT2D eigenvalue weighted by atomic mass is 16.6. The van der Waals surface area contributed by atoms with Gasteiger partial charge in [-0.1, -0.05) is 73.5 Å². The number of aliphatic imine (C=N–C) groups is 2. The number of nitrogens with two attached hydrogens (primary N) is 2. The Morgan fingerprint density at radius 2 is 1.55 bits per heavy atom. The van der Waals surface area contributed by atoms with Gasteiger partial charge >= 0.3 is 5.97 Å². The number of hydrogen-bond acceptors (Lipinski definition) is 9. The third-order valence-corrected chi connectivity index (χ3v) is 10.4. The normalized spacial score (nSPS) is 24.0. The molecule has 8 N–H and O–H groups in total. The third kappa shape index (κ3) is 10.4. The molecule has 4 amide bonds. The van der Waals surface area contributed by atoms with Crippen LogP contribution in [0.5, 0.6) is 0 Å². The molecule has 2 saturated heterocycles. The summed E-state index contributed by atoms with van der Waals surface area (Å²) in [4.78, 5) is 77.0. The van der Waals surface area contributed by atoms with E-state index in [1.165, 1.54) is 4.90 Å². The zero-order valence-electron chi connectivity index (χ0n) is 31.5. The molecule has 3 aliphatic rings. The van der Waals surface area contributed by atoms with Gasteiger partial charge in [-0.15, -0.1) is 0 Å². The van der Waals surface area contributed by atoms with Crippen LogP contribution < -0.4 is 32.5 Å². The summed E-state index contributed by atoms with van der Waals surface area (Å²) in [6.45, 7) is 2.15. The summed E-state index contributed by atoms with van der Waals surface area (Å²) < 4.78 is 5.71. The van der Waals surface area contributed by atoms with Crippen molar-refractivity contribution in [1.82, 2.24) is 20.9 Å². The van der Waals surface area contributed by atoms with Gasteiger partial charge in [0.25, 0.3) is 0 Å². The summed E-state index contributed by atoms with van der Waals surface area (Å²) in [6, 6.07) is 10.0. The molecule has 0 bridgehead atoms. The van der Waals surface area contributed by atoms with E-state index in [1.54, 1.807) is 19.1 Å². The van der Waals surface area contributed by atoms with Crippen molar-refractivity contribution >= 4 is 41.6 Å². The van der Waals surface area contributed by atoms with Gasteiger partial charge in [0.05, 0.1) is 0 Å². The second-order valence-corrected chi connectivity index (χ2v) is 14.2. The molecule has 2 aromatic rings. The quantitative estimate of drug-likeness (QED) is 0.0866. The Labute approximate surface area is 325 Å². The summed E-state index contributed by atoms with van der Waals surface area (Å²) >= 11 is 0. The number of hydrogen-bond donors (Lipinski definition) is 6. The van der Waals surface area contributed by atoms with Crippen LogP contribution in [-0.2, 0) is 28.7 Å². The molecule has 300 valence electrons. The minimum atomic E-state index is -1.31. The summed E-state index contributed by atoms with van der Waals surface area (Å²) in [7, 11) is 0. The van der Waals surface area contributed by atoms with E-state index in [4.69, 9.17) is 16.2 Å². The summed E-state index contributed by atoms with van der Waals surface area (Å²) in [5.41, 5.74) is 15.0. The maximum Gasteiger partial charge on any atom is 0.326 e. The molecular formula is C40H51N8O8-. The Kier molecular flexibility index (Phi) is 14.4. The van der Waals surface area contributed by atoms with E-state index in [-0.39, 0.29) is 76.5 Å². The molecule has 2 aliphatic heterocycles. The first kappa shape index (κ1) is 41.2. The molecule has 1 aliphatic carbocycles. The average molecular weight is 772 g/mol. The summed E-state index contributed by atoms with van der Waals surface area (Å²) in [6.07, 6.45) is 4.31. The van der Waals surface area contributed by atoms with Crippen molar-refractivity contribution in [2.75, 3.05) is 19.7 Å². The van der Waals surface area contributed by atoms with E-state index < -0.39 is 65.9 Å². The van der Waals surface area contributed by atoms with Crippen molar-refractivity contribution < 1.29 is 38.9 Å². The van der Waals surface area contributed by atoms with Gasteiger partial charge in [0.15, 0.2) is 5.96 Å². The number of nitrogens with zero attached hydrogens (tertiary/aromatic N) is 3. The standard InChI is InChI=1S/C40H52N8O8/c1-2-3-16-29-34(49)44-30(19-10-21-43-39(41)42)35(50)46-32(38(53)54)18-9-8-17-31(37(52)48-22-11-20-33(48)36(51)45-29)47-40(55)56-23-28-26-14-6-4-12-24(26)25-13-5-7-15-27(25)28/h2-7,12-15,28-33H,8-11,16-23H2,1H3,(H,44,49)(H,45,51)(H,46,50)(H,47,55)(H,53,54)(H4,41,42,43)/p-1/b3-2+/t29-,30-,31-,32-,33?/m0/s1. The van der Waals surface area contributed by atoms with Gasteiger partial charge in [0.2, 0.25) is 23.6 Å². The lowest BCUT2D eigenvalue weighted by Crippen LogP contribution is -2.57. The van der Waals surface area contributed by atoms with Crippen LogP contribution in [0.2, 0.25) is 0 Å². The topological polar surface area (TPSA) is 254 Å². The van der Waals surface area contributed by atoms with Gasteiger partial charge in [-0.2, -0.15) is 0 Å². The van der Waals surface area contributed by atoms with Crippen molar-refractivity contribution in [3.05, 3.63) is 71.8 Å². The first-order valence-electron chi connectivity index (χ1n) is 19.1. The molecule has 0 saturated carbocycles. The van der Waals surface area contributed by atoms with Crippen LogP contribution in [-0.4, -0.2) is 102 Å². The van der Waals surface area contributed by atoms with E-state index in [0.29, 0.717) is 12.8 Å². The number of carbonyl (C=O) groups excluding carboxylic acids is 4. The molecule has 2 aromatic carbocycles. The van der Waals surface area contributed by atoms with Crippen LogP contribution >= 0.6 is 0 Å². The lowest BCUT2D eigenvalue weighted by Gasteiger charge is -2.29. The van der Waals surface area contributed by atoms with E-state index in [0.717, 1.165) is 22.3 Å². The number of aliphatic carboxylic acids is 1. The SMILES string of the molecule is C/C=C/C[C@@H]1NC(=O)C2CCCN2C(=O)[C@@H](N=C([O-])OCC2c3ccccc3-c3ccccc32)CCCC[C@@H](C(=O)O)NC(=O)[C@H](CCCN=C(N)N)NC1=O. The van der Waals surface area contributed by atoms with Crippen LogP contribution in [0.25, 0.3) is 11.1 Å². The number of guanidine groups is 1. The fourth-order valence-corrected chi connectivity index (χ4v) is 7.53. The highest BCUT2D eigenvalue weighted by Crippen LogP contribution is 2.44. The molecule has 0 spiro atoms. The van der Waals surface area contributed by atoms with E-state index >= 15 is 0 Å². The molecule has 56 heavy (non-hydrogen) atoms. The Hall–Kier alpha value is -5.93. The molecule has 2 fully saturated rings. The molecule has 0 radical (unpaired) electrons. The predicted octanol–water partition coefficient (Wildman–Crippen LogP) is 1.02. The monoisotopic (exact) mass is 771 g/mol. The number of ether oxygens (including phenoxy) is 1. The Bertz CT molecular complexity index is 1800. The number of fused-ring (bicyclic) bond motifs is 4.